The number of ether oxygens (including phenoxy) is 1. The molecule has 0 spiro atoms. The molecule has 8 heteroatoms. The van der Waals surface area contributed by atoms with Crippen molar-refractivity contribution in [3.63, 3.8) is 0 Å². The van der Waals surface area contributed by atoms with Crippen molar-refractivity contribution >= 4 is 62.8 Å². The van der Waals surface area contributed by atoms with E-state index < -0.39 is 0 Å². The number of fused-ring (bicyclic) bond motifs is 1. The number of carbonyl (C=O) groups is 2. The molecule has 1 amide bonds. The Kier molecular flexibility index (Phi) is 6.47. The van der Waals surface area contributed by atoms with Crippen LogP contribution in [0.25, 0.3) is 0 Å². The van der Waals surface area contributed by atoms with Gasteiger partial charge in [-0.1, -0.05) is 29.3 Å². The minimum atomic E-state index is -0.0120. The molecule has 0 radical (unpaired) electrons. The lowest BCUT2D eigenvalue weighted by atomic mass is 9.89. The largest absolute Gasteiger partial charge is 0.471 e. The van der Waals surface area contributed by atoms with E-state index in [4.69, 9.17) is 28.0 Å². The molecule has 1 unspecified atom stereocenters. The van der Waals surface area contributed by atoms with Crippen LogP contribution < -0.4 is 5.32 Å². The first kappa shape index (κ1) is 18.3. The van der Waals surface area contributed by atoms with Crippen LogP contribution in [-0.2, 0) is 9.53 Å². The van der Waals surface area contributed by atoms with Crippen LogP contribution in [0.15, 0.2) is 28.1 Å². The second-order valence-electron chi connectivity index (χ2n) is 4.60. The van der Waals surface area contributed by atoms with Crippen molar-refractivity contribution in [2.24, 2.45) is 0 Å². The number of carbonyl (C=O) groups excluding carboxylic acids is 2. The molecule has 0 fully saturated rings. The first-order valence-electron chi connectivity index (χ1n) is 6.46. The summed E-state index contributed by atoms with van der Waals surface area (Å²) in [5.41, 5.74) is 2.10. The molecule has 1 N–H and O–H groups in total. The van der Waals surface area contributed by atoms with Crippen LogP contribution in [0.4, 0.5) is 0 Å². The van der Waals surface area contributed by atoms with Crippen molar-refractivity contribution in [1.29, 1.82) is 0 Å². The molecule has 23 heavy (non-hydrogen) atoms. The number of methoxy groups -OCH3 is 1. The number of benzene rings is 1. The van der Waals surface area contributed by atoms with Crippen LogP contribution in [-0.4, -0.2) is 26.0 Å². The molecule has 1 aromatic heterocycles. The molecular formula is C15H12BrCl2NO3S. The molecular weight excluding hydrogens is 425 g/mol. The lowest BCUT2D eigenvalue weighted by Gasteiger charge is -2.23. The van der Waals surface area contributed by atoms with E-state index in [0.717, 1.165) is 19.8 Å². The van der Waals surface area contributed by atoms with Gasteiger partial charge in [0.2, 0.25) is 0 Å². The minimum absolute atomic E-state index is 0.0120. The van der Waals surface area contributed by atoms with E-state index in [1.807, 2.05) is 18.2 Å². The van der Waals surface area contributed by atoms with Gasteiger partial charge in [0.05, 0.1) is 25.8 Å². The van der Waals surface area contributed by atoms with E-state index in [1.165, 1.54) is 18.4 Å². The van der Waals surface area contributed by atoms with Gasteiger partial charge in [-0.25, -0.2) is 0 Å². The summed E-state index contributed by atoms with van der Waals surface area (Å²) < 4.78 is 4.82. The third kappa shape index (κ3) is 4.26. The van der Waals surface area contributed by atoms with E-state index in [9.17, 15) is 4.79 Å². The zero-order valence-corrected chi connectivity index (χ0v) is 15.9. The highest BCUT2D eigenvalue weighted by molar-refractivity contribution is 9.11. The lowest BCUT2D eigenvalue weighted by Crippen LogP contribution is -2.34. The second-order valence-corrected chi connectivity index (χ2v) is 7.85. The Morgan fingerprint density at radius 2 is 2.04 bits per heavy atom. The fraction of sp³-hybridized carbons (Fsp3) is 0.200. The Morgan fingerprint density at radius 3 is 2.65 bits per heavy atom. The predicted octanol–water partition coefficient (Wildman–Crippen LogP) is 4.48. The van der Waals surface area contributed by atoms with Crippen molar-refractivity contribution in [3.8, 4) is 0 Å². The fourth-order valence-corrected chi connectivity index (χ4v) is 4.13. The van der Waals surface area contributed by atoms with E-state index in [0.29, 0.717) is 23.1 Å². The smallest absolute Gasteiger partial charge is 0.292 e. The van der Waals surface area contributed by atoms with Gasteiger partial charge >= 0.3 is 0 Å². The number of hydrogen-bond donors (Lipinski definition) is 1. The number of hydrogen-bond acceptors (Lipinski definition) is 4. The molecule has 122 valence electrons. The van der Waals surface area contributed by atoms with Crippen LogP contribution in [0.5, 0.6) is 0 Å². The van der Waals surface area contributed by atoms with Crippen LogP contribution in [0.2, 0.25) is 10.0 Å². The fourth-order valence-electron chi connectivity index (χ4n) is 2.22. The molecule has 3 rings (SSSR count). The van der Waals surface area contributed by atoms with Gasteiger partial charge in [0.25, 0.3) is 12.4 Å². The molecule has 0 aliphatic carbocycles. The molecule has 1 aromatic carbocycles. The second kappa shape index (κ2) is 8.15. The van der Waals surface area contributed by atoms with Crippen LogP contribution >= 0.6 is 50.5 Å². The summed E-state index contributed by atoms with van der Waals surface area (Å²) in [5, 5.41) is 3.98. The highest BCUT2D eigenvalue weighted by Gasteiger charge is 2.29. The molecule has 1 aliphatic heterocycles. The van der Waals surface area contributed by atoms with E-state index in [2.05, 4.69) is 26.0 Å². The Labute approximate surface area is 155 Å². The molecule has 2 heterocycles. The van der Waals surface area contributed by atoms with E-state index in [1.54, 1.807) is 6.07 Å². The van der Waals surface area contributed by atoms with Gasteiger partial charge in [-0.3, -0.25) is 9.59 Å². The summed E-state index contributed by atoms with van der Waals surface area (Å²) in [6, 6.07) is 7.61. The lowest BCUT2D eigenvalue weighted by molar-refractivity contribution is -0.126. The van der Waals surface area contributed by atoms with Crippen molar-refractivity contribution in [1.82, 2.24) is 5.32 Å². The molecule has 2 aromatic rings. The number of thiophene rings is 1. The summed E-state index contributed by atoms with van der Waals surface area (Å²) in [5.74, 6) is 0.104. The summed E-state index contributed by atoms with van der Waals surface area (Å²) in [4.78, 5) is 21.5. The standard InChI is InChI=1S/C13H8BrCl2NOS.C2H4O2/c14-11-4-7-8(5-17-13(18)12(7)19-11)6-1-2-9(15)10(16)3-6;1-4-2-3/h1-4,8H,5H2,(H,17,18);2H,1H3. The van der Waals surface area contributed by atoms with Gasteiger partial charge < -0.3 is 10.1 Å². The van der Waals surface area contributed by atoms with Crippen LogP contribution in [0, 0.1) is 0 Å². The predicted molar refractivity (Wildman–Crippen MR) is 95.7 cm³/mol. The number of nitrogens with one attached hydrogen (secondary N) is 1. The SMILES string of the molecule is COC=O.O=C1NCC(c2ccc(Cl)c(Cl)c2)c2cc(Br)sc21. The van der Waals surface area contributed by atoms with Gasteiger partial charge in [-0.05, 0) is 45.3 Å². The zero-order valence-electron chi connectivity index (χ0n) is 11.9. The highest BCUT2D eigenvalue weighted by Crippen LogP contribution is 2.38. The van der Waals surface area contributed by atoms with Gasteiger partial charge in [-0.2, -0.15) is 0 Å². The maximum absolute atomic E-state index is 11.8. The van der Waals surface area contributed by atoms with Gasteiger partial charge in [0.1, 0.15) is 0 Å². The highest BCUT2D eigenvalue weighted by atomic mass is 79.9. The van der Waals surface area contributed by atoms with Crippen LogP contribution in [0.3, 0.4) is 0 Å². The number of halogens is 3. The summed E-state index contributed by atoms with van der Waals surface area (Å²) in [6.45, 7) is 0.951. The first-order chi connectivity index (χ1) is 11.0. The molecule has 4 nitrogen and oxygen atoms in total. The first-order valence-corrected chi connectivity index (χ1v) is 8.83. The molecule has 0 saturated heterocycles. The van der Waals surface area contributed by atoms with Gasteiger partial charge in [0, 0.05) is 12.5 Å². The Hall–Kier alpha value is -1.08. The van der Waals surface area contributed by atoms with Crippen molar-refractivity contribution in [2.75, 3.05) is 13.7 Å². The Bertz CT molecular complexity index is 736. The number of rotatable bonds is 2. The Morgan fingerprint density at radius 1 is 1.35 bits per heavy atom. The van der Waals surface area contributed by atoms with Crippen LogP contribution in [0.1, 0.15) is 26.7 Å². The quantitative estimate of drug-likeness (QED) is 0.706. The third-order valence-corrected chi connectivity index (χ3v) is 5.61. The van der Waals surface area contributed by atoms with E-state index >= 15 is 0 Å². The van der Waals surface area contributed by atoms with Crippen molar-refractivity contribution in [2.45, 2.75) is 5.92 Å². The molecule has 0 bridgehead atoms. The van der Waals surface area contributed by atoms with E-state index in [-0.39, 0.29) is 11.8 Å². The monoisotopic (exact) mass is 435 g/mol. The normalized spacial score (nSPS) is 15.8. The maximum Gasteiger partial charge on any atom is 0.292 e. The minimum Gasteiger partial charge on any atom is -0.471 e. The molecule has 0 saturated carbocycles. The Balaban J connectivity index is 0.000000433. The van der Waals surface area contributed by atoms with Crippen molar-refractivity contribution < 1.29 is 14.3 Å². The molecule has 1 atom stereocenters. The van der Waals surface area contributed by atoms with Gasteiger partial charge in [-0.15, -0.1) is 11.3 Å². The maximum atomic E-state index is 11.8. The summed E-state index contributed by atoms with van der Waals surface area (Å²) >= 11 is 16.9. The summed E-state index contributed by atoms with van der Waals surface area (Å²) in [6.07, 6.45) is 0. The average Bonchev–Trinajstić information content (AvgIpc) is 2.93. The third-order valence-electron chi connectivity index (χ3n) is 3.22. The zero-order chi connectivity index (χ0) is 17.0. The topological polar surface area (TPSA) is 55.4 Å². The number of amides is 1. The molecule has 1 aliphatic rings. The summed E-state index contributed by atoms with van der Waals surface area (Å²) in [7, 11) is 1.31. The van der Waals surface area contributed by atoms with Crippen molar-refractivity contribution in [3.05, 3.63) is 54.1 Å². The average molecular weight is 437 g/mol. The van der Waals surface area contributed by atoms with Gasteiger partial charge in [0.15, 0.2) is 0 Å².